The van der Waals surface area contributed by atoms with E-state index in [1.807, 2.05) is 0 Å². The number of aliphatic carboxylic acids is 1. The van der Waals surface area contributed by atoms with Gasteiger partial charge in [-0.15, -0.1) is 0 Å². The van der Waals surface area contributed by atoms with Gasteiger partial charge in [0.2, 0.25) is 0 Å². The molecule has 0 radical (unpaired) electrons. The smallest absolute Gasteiger partial charge is 0.334 e. The summed E-state index contributed by atoms with van der Waals surface area (Å²) in [6.07, 6.45) is 11.6. The van der Waals surface area contributed by atoms with E-state index in [-0.39, 0.29) is 6.42 Å². The summed E-state index contributed by atoms with van der Waals surface area (Å²) in [5, 5.41) is 19.6. The fourth-order valence-corrected chi connectivity index (χ4v) is 2.45. The van der Waals surface area contributed by atoms with Crippen molar-refractivity contribution in [3.05, 3.63) is 0 Å². The molecule has 22 heavy (non-hydrogen) atoms. The molecule has 0 amide bonds. The zero-order valence-corrected chi connectivity index (χ0v) is 13.8. The molecule has 0 aliphatic rings. The Kier molecular flexibility index (Phi) is 14.1. The summed E-state index contributed by atoms with van der Waals surface area (Å²) in [4.78, 5) is 21.2. The predicted octanol–water partition coefficient (Wildman–Crippen LogP) is 2.34. The highest BCUT2D eigenvalue weighted by atomic mass is 16.5. The number of carboxylic acids is 1. The number of esters is 1. The van der Waals surface area contributed by atoms with E-state index in [4.69, 9.17) is 0 Å². The first-order chi connectivity index (χ1) is 10.6. The number of carboxylic acid groups (broad SMARTS) is 1. The number of hydrogen-bond acceptors (Lipinski definition) is 5. The van der Waals surface area contributed by atoms with E-state index < -0.39 is 18.0 Å². The average Bonchev–Trinajstić information content (AvgIpc) is 2.50. The molecule has 0 rings (SSSR count). The standard InChI is InChI=1S/C17H32O5/c1-22-17(21)15(18)13-11-9-7-5-3-2-4-6-8-10-12-14-16(19)20/h15,18H,2-14H2,1H3,(H,19,20)/p-1. The molecule has 0 aromatic rings. The highest BCUT2D eigenvalue weighted by Gasteiger charge is 2.13. The van der Waals surface area contributed by atoms with Crippen molar-refractivity contribution >= 4 is 11.9 Å². The summed E-state index contributed by atoms with van der Waals surface area (Å²) in [6, 6.07) is 0. The summed E-state index contributed by atoms with van der Waals surface area (Å²) in [6.45, 7) is 0. The minimum atomic E-state index is -0.970. The molecule has 130 valence electrons. The quantitative estimate of drug-likeness (QED) is 0.370. The number of aliphatic hydroxyl groups is 1. The van der Waals surface area contributed by atoms with Crippen LogP contribution in [0, 0.1) is 0 Å². The number of aliphatic hydroxyl groups excluding tert-OH is 1. The number of ether oxygens (including phenoxy) is 1. The fraction of sp³-hybridized carbons (Fsp3) is 0.882. The number of unbranched alkanes of at least 4 members (excludes halogenated alkanes) is 10. The van der Waals surface area contributed by atoms with Crippen LogP contribution in [0.5, 0.6) is 0 Å². The van der Waals surface area contributed by atoms with Gasteiger partial charge in [0, 0.05) is 5.97 Å². The van der Waals surface area contributed by atoms with Crippen LogP contribution in [0.2, 0.25) is 0 Å². The molecule has 1 atom stereocenters. The number of hydrogen-bond donors (Lipinski definition) is 1. The van der Waals surface area contributed by atoms with E-state index in [0.29, 0.717) is 6.42 Å². The van der Waals surface area contributed by atoms with Gasteiger partial charge in [0.15, 0.2) is 6.10 Å². The number of carbonyl (C=O) groups excluding carboxylic acids is 2. The van der Waals surface area contributed by atoms with Crippen LogP contribution in [0.1, 0.15) is 83.5 Å². The minimum Gasteiger partial charge on any atom is -0.550 e. The van der Waals surface area contributed by atoms with Crippen LogP contribution in [-0.2, 0) is 14.3 Å². The molecule has 0 aromatic carbocycles. The normalized spacial score (nSPS) is 12.1. The second-order valence-corrected chi connectivity index (χ2v) is 5.84. The molecule has 0 aromatic heterocycles. The maximum absolute atomic E-state index is 11.0. The summed E-state index contributed by atoms with van der Waals surface area (Å²) in [7, 11) is 1.29. The van der Waals surface area contributed by atoms with E-state index in [1.165, 1.54) is 39.2 Å². The molecule has 0 saturated carbocycles. The topological polar surface area (TPSA) is 86.7 Å². The number of methoxy groups -OCH3 is 1. The van der Waals surface area contributed by atoms with Crippen LogP contribution in [0.4, 0.5) is 0 Å². The average molecular weight is 315 g/mol. The Balaban J connectivity index is 3.14. The molecular formula is C17H31O5-. The van der Waals surface area contributed by atoms with Gasteiger partial charge in [-0.3, -0.25) is 0 Å². The summed E-state index contributed by atoms with van der Waals surface area (Å²) >= 11 is 0. The third-order valence-electron chi connectivity index (χ3n) is 3.83. The van der Waals surface area contributed by atoms with Crippen LogP contribution in [0.15, 0.2) is 0 Å². The molecule has 0 fully saturated rings. The Morgan fingerprint density at radius 1 is 0.864 bits per heavy atom. The third kappa shape index (κ3) is 13.9. The molecule has 5 nitrogen and oxygen atoms in total. The van der Waals surface area contributed by atoms with Crippen LogP contribution in [-0.4, -0.2) is 30.3 Å². The van der Waals surface area contributed by atoms with Crippen molar-refractivity contribution in [3.8, 4) is 0 Å². The Morgan fingerprint density at radius 3 is 1.68 bits per heavy atom. The first-order valence-corrected chi connectivity index (χ1v) is 8.53. The van der Waals surface area contributed by atoms with Gasteiger partial charge < -0.3 is 19.7 Å². The Bertz CT molecular complexity index is 291. The van der Waals surface area contributed by atoms with Gasteiger partial charge in [0.25, 0.3) is 0 Å². The molecule has 0 bridgehead atoms. The minimum absolute atomic E-state index is 0.185. The Labute approximate surface area is 134 Å². The summed E-state index contributed by atoms with van der Waals surface area (Å²) in [5.74, 6) is -1.49. The van der Waals surface area contributed by atoms with Crippen molar-refractivity contribution in [1.29, 1.82) is 0 Å². The molecule has 0 heterocycles. The maximum atomic E-state index is 11.0. The Hall–Kier alpha value is -1.10. The summed E-state index contributed by atoms with van der Waals surface area (Å²) < 4.78 is 4.46. The molecule has 1 N–H and O–H groups in total. The van der Waals surface area contributed by atoms with E-state index in [2.05, 4.69) is 4.74 Å². The van der Waals surface area contributed by atoms with Gasteiger partial charge in [-0.25, -0.2) is 4.79 Å². The lowest BCUT2D eigenvalue weighted by molar-refractivity contribution is -0.305. The summed E-state index contributed by atoms with van der Waals surface area (Å²) in [5.41, 5.74) is 0. The van der Waals surface area contributed by atoms with Gasteiger partial charge in [0.05, 0.1) is 7.11 Å². The van der Waals surface area contributed by atoms with Crippen LogP contribution >= 0.6 is 0 Å². The molecule has 0 aliphatic heterocycles. The zero-order chi connectivity index (χ0) is 16.6. The predicted molar refractivity (Wildman–Crippen MR) is 83.1 cm³/mol. The van der Waals surface area contributed by atoms with Crippen molar-refractivity contribution in [1.82, 2.24) is 0 Å². The molecule has 0 spiro atoms. The van der Waals surface area contributed by atoms with E-state index >= 15 is 0 Å². The maximum Gasteiger partial charge on any atom is 0.334 e. The zero-order valence-electron chi connectivity index (χ0n) is 13.8. The second kappa shape index (κ2) is 14.8. The second-order valence-electron chi connectivity index (χ2n) is 5.84. The van der Waals surface area contributed by atoms with E-state index in [9.17, 15) is 19.8 Å². The van der Waals surface area contributed by atoms with Crippen LogP contribution in [0.25, 0.3) is 0 Å². The molecule has 0 aliphatic carbocycles. The highest BCUT2D eigenvalue weighted by Crippen LogP contribution is 2.13. The SMILES string of the molecule is COC(=O)C(O)CCCCCCCCCCCCCC(=O)[O-]. The molecule has 0 saturated heterocycles. The van der Waals surface area contributed by atoms with Crippen molar-refractivity contribution in [3.63, 3.8) is 0 Å². The lowest BCUT2D eigenvalue weighted by Crippen LogP contribution is -2.21. The largest absolute Gasteiger partial charge is 0.550 e. The monoisotopic (exact) mass is 315 g/mol. The van der Waals surface area contributed by atoms with Gasteiger partial charge in [-0.1, -0.05) is 64.2 Å². The Morgan fingerprint density at radius 2 is 1.27 bits per heavy atom. The van der Waals surface area contributed by atoms with Crippen LogP contribution in [0.3, 0.4) is 0 Å². The van der Waals surface area contributed by atoms with E-state index in [1.54, 1.807) is 0 Å². The van der Waals surface area contributed by atoms with Gasteiger partial charge in [-0.2, -0.15) is 0 Å². The van der Waals surface area contributed by atoms with Crippen molar-refractivity contribution in [2.75, 3.05) is 7.11 Å². The first kappa shape index (κ1) is 20.9. The van der Waals surface area contributed by atoms with Crippen LogP contribution < -0.4 is 5.11 Å². The van der Waals surface area contributed by atoms with Crippen molar-refractivity contribution in [2.24, 2.45) is 0 Å². The molecule has 5 heteroatoms. The van der Waals surface area contributed by atoms with Gasteiger partial charge >= 0.3 is 5.97 Å². The van der Waals surface area contributed by atoms with Gasteiger partial charge in [-0.05, 0) is 19.3 Å². The fourth-order valence-electron chi connectivity index (χ4n) is 2.45. The van der Waals surface area contributed by atoms with E-state index in [0.717, 1.165) is 38.5 Å². The first-order valence-electron chi connectivity index (χ1n) is 8.53. The highest BCUT2D eigenvalue weighted by molar-refractivity contribution is 5.74. The number of carbonyl (C=O) groups is 2. The van der Waals surface area contributed by atoms with Crippen molar-refractivity contribution in [2.45, 2.75) is 89.6 Å². The molecular weight excluding hydrogens is 284 g/mol. The van der Waals surface area contributed by atoms with Crippen molar-refractivity contribution < 1.29 is 24.5 Å². The van der Waals surface area contributed by atoms with Gasteiger partial charge in [0.1, 0.15) is 0 Å². The lowest BCUT2D eigenvalue weighted by atomic mass is 10.0. The lowest BCUT2D eigenvalue weighted by Gasteiger charge is -2.07. The number of rotatable bonds is 15. The molecule has 1 unspecified atom stereocenters. The third-order valence-corrected chi connectivity index (χ3v) is 3.83.